The van der Waals surface area contributed by atoms with Crippen LogP contribution in [0.2, 0.25) is 0 Å². The number of thiophene rings is 1. The van der Waals surface area contributed by atoms with Crippen molar-refractivity contribution in [2.24, 2.45) is 0 Å². The number of nitrogens with two attached hydrogens (primary N) is 1. The summed E-state index contributed by atoms with van der Waals surface area (Å²) in [6, 6.07) is 7.50. The molecule has 1 aliphatic heterocycles. The van der Waals surface area contributed by atoms with Crippen molar-refractivity contribution in [3.05, 3.63) is 53.2 Å². The van der Waals surface area contributed by atoms with Crippen molar-refractivity contribution in [1.29, 1.82) is 0 Å². The fraction of sp³-hybridized carbons (Fsp3) is 0.318. The van der Waals surface area contributed by atoms with Gasteiger partial charge in [-0.05, 0) is 43.3 Å². The summed E-state index contributed by atoms with van der Waals surface area (Å²) < 4.78 is 0. The van der Waals surface area contributed by atoms with Gasteiger partial charge in [-0.15, -0.1) is 11.3 Å². The van der Waals surface area contributed by atoms with Crippen LogP contribution >= 0.6 is 11.3 Å². The number of anilines is 2. The summed E-state index contributed by atoms with van der Waals surface area (Å²) in [7, 11) is 0. The molecule has 0 bridgehead atoms. The second-order valence-electron chi connectivity index (χ2n) is 7.97. The fourth-order valence-corrected chi connectivity index (χ4v) is 5.05. The van der Waals surface area contributed by atoms with Gasteiger partial charge in [0.1, 0.15) is 10.6 Å². The van der Waals surface area contributed by atoms with E-state index in [0.29, 0.717) is 36.1 Å². The number of carbonyl (C=O) groups is 1. The van der Waals surface area contributed by atoms with E-state index in [-0.39, 0.29) is 11.9 Å². The minimum Gasteiger partial charge on any atom is -0.383 e. The molecule has 0 radical (unpaired) electrons. The molecule has 1 atom stereocenters. The lowest BCUT2D eigenvalue weighted by atomic mass is 10.1. The Morgan fingerprint density at radius 1 is 1.12 bits per heavy atom. The number of carbonyl (C=O) groups excluding carboxylic acids is 1. The third kappa shape index (κ3) is 3.56. The van der Waals surface area contributed by atoms with Gasteiger partial charge in [-0.1, -0.05) is 12.1 Å². The highest BCUT2D eigenvalue weighted by atomic mass is 32.1. The van der Waals surface area contributed by atoms with Crippen molar-refractivity contribution < 1.29 is 4.79 Å². The summed E-state index contributed by atoms with van der Waals surface area (Å²) in [5.41, 5.74) is 8.59. The van der Waals surface area contributed by atoms with Crippen LogP contribution in [-0.2, 0) is 0 Å². The van der Waals surface area contributed by atoms with E-state index in [2.05, 4.69) is 32.4 Å². The maximum Gasteiger partial charge on any atom is 0.256 e. The van der Waals surface area contributed by atoms with Gasteiger partial charge in [0.2, 0.25) is 5.95 Å². The Kier molecular flexibility index (Phi) is 5.22. The molecule has 10 heteroatoms. The fourth-order valence-electron chi connectivity index (χ4n) is 4.13. The van der Waals surface area contributed by atoms with Crippen LogP contribution in [-0.4, -0.2) is 61.4 Å². The van der Waals surface area contributed by atoms with Gasteiger partial charge < -0.3 is 15.5 Å². The monoisotopic (exact) mass is 448 g/mol. The van der Waals surface area contributed by atoms with E-state index in [1.165, 1.54) is 4.80 Å². The maximum absolute atomic E-state index is 13.5. The summed E-state index contributed by atoms with van der Waals surface area (Å²) in [5, 5.41) is 11.4. The van der Waals surface area contributed by atoms with Crippen LogP contribution in [0.4, 0.5) is 11.8 Å². The molecular formula is C22H24N8OS. The topological polar surface area (TPSA) is 106 Å². The van der Waals surface area contributed by atoms with E-state index in [1.54, 1.807) is 23.7 Å². The molecule has 0 aliphatic carbocycles. The van der Waals surface area contributed by atoms with E-state index in [4.69, 9.17) is 10.7 Å². The van der Waals surface area contributed by atoms with Crippen LogP contribution in [0.3, 0.4) is 0 Å². The van der Waals surface area contributed by atoms with E-state index >= 15 is 0 Å². The number of nitrogens with zero attached hydrogens (tertiary/aromatic N) is 7. The Bertz CT molecular complexity index is 1270. The Labute approximate surface area is 189 Å². The lowest BCUT2D eigenvalue weighted by Gasteiger charge is -2.27. The zero-order valence-corrected chi connectivity index (χ0v) is 18.8. The second kappa shape index (κ2) is 8.19. The zero-order chi connectivity index (χ0) is 22.2. The van der Waals surface area contributed by atoms with Gasteiger partial charge in [0.05, 0.1) is 29.0 Å². The average molecular weight is 449 g/mol. The van der Waals surface area contributed by atoms with Gasteiger partial charge in [0.15, 0.2) is 0 Å². The minimum absolute atomic E-state index is 0.0305. The lowest BCUT2D eigenvalue weighted by Crippen LogP contribution is -2.40. The number of aryl methyl sites for hydroxylation is 1. The molecule has 1 aromatic carbocycles. The summed E-state index contributed by atoms with van der Waals surface area (Å²) in [6.45, 7) is 6.05. The van der Waals surface area contributed by atoms with Crippen molar-refractivity contribution in [3.63, 3.8) is 0 Å². The maximum atomic E-state index is 13.5. The lowest BCUT2D eigenvalue weighted by molar-refractivity contribution is 0.0705. The Morgan fingerprint density at radius 2 is 1.91 bits per heavy atom. The van der Waals surface area contributed by atoms with Crippen molar-refractivity contribution in [1.82, 2.24) is 29.9 Å². The third-order valence-electron chi connectivity index (χ3n) is 5.91. The minimum atomic E-state index is -0.0305. The molecule has 1 saturated heterocycles. The number of benzene rings is 1. The number of amides is 1. The van der Waals surface area contributed by atoms with Crippen LogP contribution < -0.4 is 10.6 Å². The van der Waals surface area contributed by atoms with Gasteiger partial charge in [0, 0.05) is 25.7 Å². The van der Waals surface area contributed by atoms with Crippen LogP contribution in [0, 0.1) is 6.92 Å². The number of fused-ring (bicyclic) bond motifs is 1. The van der Waals surface area contributed by atoms with E-state index < -0.39 is 0 Å². The van der Waals surface area contributed by atoms with Crippen LogP contribution in [0.5, 0.6) is 0 Å². The number of hydrogen-bond acceptors (Lipinski definition) is 8. The Balaban J connectivity index is 1.40. The summed E-state index contributed by atoms with van der Waals surface area (Å²) in [5.74, 6) is 1.10. The number of para-hydroxylation sites is 1. The van der Waals surface area contributed by atoms with Gasteiger partial charge in [-0.25, -0.2) is 4.98 Å². The molecular weight excluding hydrogens is 424 g/mol. The first-order valence-corrected chi connectivity index (χ1v) is 11.4. The molecule has 164 valence electrons. The zero-order valence-electron chi connectivity index (χ0n) is 18.0. The van der Waals surface area contributed by atoms with Crippen LogP contribution in [0.1, 0.15) is 29.3 Å². The van der Waals surface area contributed by atoms with E-state index in [1.807, 2.05) is 36.1 Å². The average Bonchev–Trinajstić information content (AvgIpc) is 3.41. The Hall–Kier alpha value is -3.53. The number of nitrogen functional groups attached to an aromatic ring is 1. The first-order chi connectivity index (χ1) is 15.5. The summed E-state index contributed by atoms with van der Waals surface area (Å²) >= 11 is 1.58. The van der Waals surface area contributed by atoms with Crippen molar-refractivity contribution >= 4 is 39.2 Å². The summed E-state index contributed by atoms with van der Waals surface area (Å²) in [6.07, 6.45) is 4.01. The highest BCUT2D eigenvalue weighted by Crippen LogP contribution is 2.30. The normalized spacial score (nSPS) is 17.0. The molecule has 4 heterocycles. The largest absolute Gasteiger partial charge is 0.383 e. The number of rotatable bonds is 3. The van der Waals surface area contributed by atoms with E-state index in [0.717, 1.165) is 28.7 Å². The van der Waals surface area contributed by atoms with Crippen molar-refractivity contribution in [2.75, 3.05) is 30.3 Å². The quantitative estimate of drug-likeness (QED) is 0.514. The standard InChI is InChI=1S/C22H24N8OS/c1-14-13-32-20-18(14)19(23)26-22(27-20)28-10-7-15(2)29(12-11-28)21(31)16-5-3-4-6-17(16)30-24-8-9-25-30/h3-6,8-9,13,15H,7,10-12H2,1-2H3,(H2,23,26,27)/t15-/m1/s1. The molecule has 2 N–H and O–H groups in total. The first-order valence-electron chi connectivity index (χ1n) is 10.6. The predicted octanol–water partition coefficient (Wildman–Crippen LogP) is 2.90. The molecule has 1 amide bonds. The molecule has 0 unspecified atom stereocenters. The summed E-state index contributed by atoms with van der Waals surface area (Å²) in [4.78, 5) is 29.3. The third-order valence-corrected chi connectivity index (χ3v) is 6.90. The molecule has 3 aromatic heterocycles. The molecule has 4 aromatic rings. The van der Waals surface area contributed by atoms with Crippen molar-refractivity contribution in [2.45, 2.75) is 26.3 Å². The molecule has 9 nitrogen and oxygen atoms in total. The highest BCUT2D eigenvalue weighted by Gasteiger charge is 2.28. The van der Waals surface area contributed by atoms with Crippen molar-refractivity contribution in [3.8, 4) is 5.69 Å². The molecule has 0 saturated carbocycles. The second-order valence-corrected chi connectivity index (χ2v) is 8.82. The van der Waals surface area contributed by atoms with Gasteiger partial charge in [-0.3, -0.25) is 4.79 Å². The SMILES string of the molecule is Cc1csc2nc(N3CC[C@@H](C)N(C(=O)c4ccccc4-n4nccn4)CC3)nc(N)c12. The van der Waals surface area contributed by atoms with Gasteiger partial charge in [-0.2, -0.15) is 20.0 Å². The Morgan fingerprint density at radius 3 is 2.72 bits per heavy atom. The van der Waals surface area contributed by atoms with Crippen LogP contribution in [0.25, 0.3) is 15.9 Å². The predicted molar refractivity (Wildman–Crippen MR) is 125 cm³/mol. The molecule has 0 spiro atoms. The van der Waals surface area contributed by atoms with Gasteiger partial charge >= 0.3 is 0 Å². The number of aromatic nitrogens is 5. The molecule has 1 aliphatic rings. The highest BCUT2D eigenvalue weighted by molar-refractivity contribution is 7.17. The van der Waals surface area contributed by atoms with Crippen LogP contribution in [0.15, 0.2) is 42.0 Å². The molecule has 1 fully saturated rings. The van der Waals surface area contributed by atoms with E-state index in [9.17, 15) is 4.79 Å². The molecule has 32 heavy (non-hydrogen) atoms. The number of hydrogen-bond donors (Lipinski definition) is 1. The molecule has 5 rings (SSSR count). The van der Waals surface area contributed by atoms with Gasteiger partial charge in [0.25, 0.3) is 5.91 Å². The first kappa shape index (κ1) is 20.4. The smallest absolute Gasteiger partial charge is 0.256 e.